The number of carbonyl (C=O) groups is 1. The fourth-order valence-electron chi connectivity index (χ4n) is 2.20. The van der Waals surface area contributed by atoms with Gasteiger partial charge in [-0.25, -0.2) is 0 Å². The molecule has 0 saturated heterocycles. The van der Waals surface area contributed by atoms with Crippen LogP contribution in [0.4, 0.5) is 5.82 Å². The lowest BCUT2D eigenvalue weighted by Crippen LogP contribution is -2.45. The van der Waals surface area contributed by atoms with Crippen LogP contribution in [0.1, 0.15) is 47.4 Å². The quantitative estimate of drug-likeness (QED) is 0.933. The fraction of sp³-hybridized carbons (Fsp3) is 0.625. The van der Waals surface area contributed by atoms with Crippen molar-refractivity contribution in [3.05, 3.63) is 18.0 Å². The van der Waals surface area contributed by atoms with Crippen LogP contribution < -0.4 is 10.2 Å². The molecule has 2 heterocycles. The second kappa shape index (κ2) is 5.79. The van der Waals surface area contributed by atoms with Gasteiger partial charge in [0.25, 0.3) is 0 Å². The van der Waals surface area contributed by atoms with Crippen molar-refractivity contribution in [3.8, 4) is 0 Å². The van der Waals surface area contributed by atoms with E-state index in [4.69, 9.17) is 0 Å². The van der Waals surface area contributed by atoms with E-state index in [1.807, 2.05) is 44.9 Å². The van der Waals surface area contributed by atoms with Gasteiger partial charge in [0.2, 0.25) is 5.91 Å². The zero-order valence-corrected chi connectivity index (χ0v) is 15.0. The van der Waals surface area contributed by atoms with Crippen molar-refractivity contribution in [1.29, 1.82) is 0 Å². The van der Waals surface area contributed by atoms with Gasteiger partial charge in [-0.3, -0.25) is 4.79 Å². The van der Waals surface area contributed by atoms with Crippen molar-refractivity contribution >= 4 is 17.4 Å². The first-order valence-electron chi connectivity index (χ1n) is 7.72. The maximum Gasteiger partial charge on any atom is 0.239 e. The van der Waals surface area contributed by atoms with Crippen LogP contribution in [0.2, 0.25) is 0 Å². The summed E-state index contributed by atoms with van der Waals surface area (Å²) in [5.74, 6) is 1.45. The zero-order chi connectivity index (χ0) is 17.4. The number of anilines is 1. The van der Waals surface area contributed by atoms with E-state index in [0.29, 0.717) is 11.5 Å². The predicted octanol–water partition coefficient (Wildman–Crippen LogP) is 1.77. The Morgan fingerprint density at radius 2 is 1.83 bits per heavy atom. The highest BCUT2D eigenvalue weighted by Crippen LogP contribution is 2.21. The standard InChI is InChI=1S/C16H26N6O/c1-15(2,3)14-19-18-11-8-9-12(20-22(11)14)21(7)10-13(23)17-16(4,5)6/h8-9H,10H2,1-7H3,(H,17,23). The van der Waals surface area contributed by atoms with E-state index in [2.05, 4.69) is 41.4 Å². The number of fused-ring (bicyclic) bond motifs is 1. The van der Waals surface area contributed by atoms with E-state index in [-0.39, 0.29) is 23.4 Å². The topological polar surface area (TPSA) is 75.4 Å². The Kier molecular flexibility index (Phi) is 4.32. The Labute approximate surface area is 137 Å². The van der Waals surface area contributed by atoms with Gasteiger partial charge < -0.3 is 10.2 Å². The van der Waals surface area contributed by atoms with Crippen LogP contribution in [0.5, 0.6) is 0 Å². The van der Waals surface area contributed by atoms with Crippen molar-refractivity contribution in [2.24, 2.45) is 0 Å². The van der Waals surface area contributed by atoms with E-state index in [9.17, 15) is 4.79 Å². The molecule has 0 bridgehead atoms. The summed E-state index contributed by atoms with van der Waals surface area (Å²) < 4.78 is 1.74. The number of amides is 1. The second-order valence-electron chi connectivity index (χ2n) is 7.89. The number of carbonyl (C=O) groups excluding carboxylic acids is 1. The van der Waals surface area contributed by atoms with Crippen LogP contribution in [-0.2, 0) is 10.2 Å². The third kappa shape index (κ3) is 4.18. The first-order valence-corrected chi connectivity index (χ1v) is 7.72. The normalized spacial score (nSPS) is 12.5. The van der Waals surface area contributed by atoms with Crippen LogP contribution in [0.15, 0.2) is 12.1 Å². The average molecular weight is 318 g/mol. The number of hydrogen-bond acceptors (Lipinski definition) is 5. The first kappa shape index (κ1) is 17.2. The van der Waals surface area contributed by atoms with Gasteiger partial charge in [0.05, 0.1) is 6.54 Å². The Morgan fingerprint density at radius 3 is 2.39 bits per heavy atom. The van der Waals surface area contributed by atoms with Crippen molar-refractivity contribution in [1.82, 2.24) is 25.1 Å². The van der Waals surface area contributed by atoms with Gasteiger partial charge in [-0.15, -0.1) is 15.3 Å². The van der Waals surface area contributed by atoms with E-state index in [0.717, 1.165) is 5.82 Å². The van der Waals surface area contributed by atoms with E-state index in [1.54, 1.807) is 4.52 Å². The number of hydrogen-bond donors (Lipinski definition) is 1. The van der Waals surface area contributed by atoms with Crippen LogP contribution in [0, 0.1) is 0 Å². The van der Waals surface area contributed by atoms with Crippen molar-refractivity contribution in [2.45, 2.75) is 52.5 Å². The molecule has 7 heteroatoms. The summed E-state index contributed by atoms with van der Waals surface area (Å²) in [4.78, 5) is 13.9. The van der Waals surface area contributed by atoms with Crippen LogP contribution in [-0.4, -0.2) is 44.8 Å². The average Bonchev–Trinajstić information content (AvgIpc) is 2.78. The molecule has 2 aromatic rings. The van der Waals surface area contributed by atoms with E-state index >= 15 is 0 Å². The minimum atomic E-state index is -0.247. The molecule has 0 radical (unpaired) electrons. The van der Waals surface area contributed by atoms with Crippen molar-refractivity contribution < 1.29 is 4.79 Å². The van der Waals surface area contributed by atoms with Crippen LogP contribution in [0.3, 0.4) is 0 Å². The van der Waals surface area contributed by atoms with Crippen LogP contribution in [0.25, 0.3) is 5.65 Å². The Morgan fingerprint density at radius 1 is 1.17 bits per heavy atom. The van der Waals surface area contributed by atoms with Gasteiger partial charge in [0.1, 0.15) is 5.82 Å². The molecule has 1 N–H and O–H groups in total. The van der Waals surface area contributed by atoms with Gasteiger partial charge in [-0.05, 0) is 32.9 Å². The van der Waals surface area contributed by atoms with Gasteiger partial charge in [-0.1, -0.05) is 20.8 Å². The summed E-state index contributed by atoms with van der Waals surface area (Å²) in [6, 6.07) is 3.71. The molecule has 0 aliphatic heterocycles. The summed E-state index contributed by atoms with van der Waals surface area (Å²) in [6.45, 7) is 12.3. The minimum absolute atomic E-state index is 0.0401. The Balaban J connectivity index is 2.24. The molecule has 0 unspecified atom stereocenters. The highest BCUT2D eigenvalue weighted by Gasteiger charge is 2.22. The third-order valence-electron chi connectivity index (χ3n) is 3.21. The van der Waals surface area contributed by atoms with Gasteiger partial charge in [0, 0.05) is 18.0 Å². The first-order chi connectivity index (χ1) is 10.5. The Hall–Kier alpha value is -2.18. The molecule has 126 valence electrons. The van der Waals surface area contributed by atoms with Gasteiger partial charge in [0.15, 0.2) is 11.5 Å². The smallest absolute Gasteiger partial charge is 0.239 e. The molecule has 0 spiro atoms. The van der Waals surface area contributed by atoms with E-state index < -0.39 is 0 Å². The largest absolute Gasteiger partial charge is 0.350 e. The number of rotatable bonds is 3. The molecule has 0 saturated carbocycles. The molecule has 2 aromatic heterocycles. The number of aromatic nitrogens is 4. The Bertz CT molecular complexity index is 707. The zero-order valence-electron chi connectivity index (χ0n) is 15.0. The lowest BCUT2D eigenvalue weighted by Gasteiger charge is -2.24. The molecule has 23 heavy (non-hydrogen) atoms. The molecular formula is C16H26N6O. The molecule has 0 aliphatic carbocycles. The lowest BCUT2D eigenvalue weighted by molar-refractivity contribution is -0.121. The van der Waals surface area contributed by atoms with Gasteiger partial charge in [-0.2, -0.15) is 4.52 Å². The fourth-order valence-corrected chi connectivity index (χ4v) is 2.20. The second-order valence-corrected chi connectivity index (χ2v) is 7.89. The highest BCUT2D eigenvalue weighted by atomic mass is 16.2. The SMILES string of the molecule is CN(CC(=O)NC(C)(C)C)c1ccc2nnc(C(C)(C)C)n2n1. The molecule has 2 rings (SSSR count). The molecule has 1 amide bonds. The number of likely N-dealkylation sites (N-methyl/N-ethyl adjacent to an activating group) is 1. The van der Waals surface area contributed by atoms with Crippen molar-refractivity contribution in [2.75, 3.05) is 18.5 Å². The molecular weight excluding hydrogens is 292 g/mol. The minimum Gasteiger partial charge on any atom is -0.350 e. The molecule has 0 atom stereocenters. The molecule has 0 fully saturated rings. The molecule has 0 aromatic carbocycles. The summed E-state index contributed by atoms with van der Waals surface area (Å²) >= 11 is 0. The maximum atomic E-state index is 12.1. The molecule has 7 nitrogen and oxygen atoms in total. The lowest BCUT2D eigenvalue weighted by atomic mass is 9.96. The predicted molar refractivity (Wildman–Crippen MR) is 90.6 cm³/mol. The van der Waals surface area contributed by atoms with Crippen LogP contribution >= 0.6 is 0 Å². The highest BCUT2D eigenvalue weighted by molar-refractivity contribution is 5.81. The monoisotopic (exact) mass is 318 g/mol. The summed E-state index contributed by atoms with van der Waals surface area (Å²) in [7, 11) is 1.84. The molecule has 0 aliphatic rings. The van der Waals surface area contributed by atoms with E-state index in [1.165, 1.54) is 0 Å². The third-order valence-corrected chi connectivity index (χ3v) is 3.21. The maximum absolute atomic E-state index is 12.1. The summed E-state index contributed by atoms with van der Waals surface area (Å²) in [6.07, 6.45) is 0. The van der Waals surface area contributed by atoms with Crippen molar-refractivity contribution in [3.63, 3.8) is 0 Å². The van der Waals surface area contributed by atoms with Gasteiger partial charge >= 0.3 is 0 Å². The number of nitrogens with zero attached hydrogens (tertiary/aromatic N) is 5. The number of nitrogens with one attached hydrogen (secondary N) is 1. The summed E-state index contributed by atoms with van der Waals surface area (Å²) in [5.41, 5.74) is 0.294. The summed E-state index contributed by atoms with van der Waals surface area (Å²) in [5, 5.41) is 15.9.